The largest absolute Gasteiger partial charge is 0.382 e. The van der Waals surface area contributed by atoms with Crippen molar-refractivity contribution in [2.75, 3.05) is 0 Å². The Morgan fingerprint density at radius 2 is 2.21 bits per heavy atom. The van der Waals surface area contributed by atoms with Crippen LogP contribution >= 0.6 is 22.9 Å². The van der Waals surface area contributed by atoms with Gasteiger partial charge in [0.15, 0.2) is 11.7 Å². The molecule has 1 aliphatic rings. The number of carbonyl (C=O) groups excluding carboxylic acids is 1. The molecule has 9 nitrogen and oxygen atoms in total. The number of nitriles is 1. The smallest absolute Gasteiger partial charge is 0.261 e. The number of nitrogens with two attached hydrogens (primary N) is 1. The molecule has 1 aliphatic carbocycles. The molecular weight excluding hydrogens is 527 g/mol. The second-order valence-electron chi connectivity index (χ2n) is 8.88. The summed E-state index contributed by atoms with van der Waals surface area (Å²) in [5.74, 6) is -0.409. The zero-order valence-corrected chi connectivity index (χ0v) is 21.6. The lowest BCUT2D eigenvalue weighted by atomic mass is 9.90. The van der Waals surface area contributed by atoms with Crippen molar-refractivity contribution in [3.63, 3.8) is 0 Å². The van der Waals surface area contributed by atoms with Crippen LogP contribution in [0.1, 0.15) is 52.7 Å². The molecule has 1 amide bonds. The number of nitrogens with zero attached hydrogens (tertiary/aromatic N) is 5. The van der Waals surface area contributed by atoms with Gasteiger partial charge in [0.25, 0.3) is 5.91 Å². The van der Waals surface area contributed by atoms with E-state index >= 15 is 4.39 Å². The lowest BCUT2D eigenvalue weighted by Crippen LogP contribution is -2.38. The number of hydrogen-bond donors (Lipinski definition) is 3. The standard InChI is InChI=1S/C26H22ClFN8OS/c27-22-8-7-21(38-22)26(37)34-15-4-2-5-16(9-15)36-20-10-18(24(31)33-13-30)32-12-19(20)35-25(36)17-6-1-3-14(11-29)23(17)28/h1,3,6-8,10,12-13,15-16H,2,4-5,9H2,(H,34,37)(H3,30,31,33). The first-order valence-electron chi connectivity index (χ1n) is 11.8. The van der Waals surface area contributed by atoms with Gasteiger partial charge >= 0.3 is 0 Å². The molecular formula is C26H22ClFN8OS. The molecule has 1 aromatic carbocycles. The number of imidazole rings is 1. The summed E-state index contributed by atoms with van der Waals surface area (Å²) in [5.41, 5.74) is 7.65. The van der Waals surface area contributed by atoms with E-state index < -0.39 is 5.82 Å². The highest BCUT2D eigenvalue weighted by Gasteiger charge is 2.30. The predicted molar refractivity (Wildman–Crippen MR) is 145 cm³/mol. The van der Waals surface area contributed by atoms with Crippen LogP contribution in [0.25, 0.3) is 22.4 Å². The molecule has 38 heavy (non-hydrogen) atoms. The Bertz CT molecular complexity index is 1620. The quantitative estimate of drug-likeness (QED) is 0.228. The van der Waals surface area contributed by atoms with Crippen LogP contribution in [0.5, 0.6) is 0 Å². The van der Waals surface area contributed by atoms with Gasteiger partial charge in [-0.1, -0.05) is 17.7 Å². The molecule has 0 spiro atoms. The molecule has 0 aliphatic heterocycles. The lowest BCUT2D eigenvalue weighted by Gasteiger charge is -2.32. The number of aromatic nitrogens is 3. The van der Waals surface area contributed by atoms with Crippen molar-refractivity contribution in [3.8, 4) is 17.5 Å². The first kappa shape index (κ1) is 25.5. The third kappa shape index (κ3) is 4.88. The molecule has 4 aromatic rings. The second-order valence-corrected chi connectivity index (χ2v) is 10.6. The zero-order valence-electron chi connectivity index (χ0n) is 20.0. The fraction of sp³-hybridized carbons (Fsp3) is 0.231. The van der Waals surface area contributed by atoms with E-state index in [1.807, 2.05) is 10.6 Å². The number of nitrogens with one attached hydrogen (secondary N) is 2. The highest BCUT2D eigenvalue weighted by atomic mass is 35.5. The minimum Gasteiger partial charge on any atom is -0.382 e. The minimum atomic E-state index is -0.653. The molecule has 2 unspecified atom stereocenters. The van der Waals surface area contributed by atoms with Gasteiger partial charge in [0.05, 0.1) is 32.1 Å². The van der Waals surface area contributed by atoms with E-state index in [0.29, 0.717) is 38.2 Å². The van der Waals surface area contributed by atoms with Crippen LogP contribution in [0.15, 0.2) is 47.6 Å². The van der Waals surface area contributed by atoms with E-state index in [4.69, 9.17) is 27.7 Å². The van der Waals surface area contributed by atoms with Crippen LogP contribution in [-0.2, 0) is 0 Å². The van der Waals surface area contributed by atoms with E-state index in [1.54, 1.807) is 30.3 Å². The summed E-state index contributed by atoms with van der Waals surface area (Å²) in [6, 6.07) is 11.4. The van der Waals surface area contributed by atoms with Crippen molar-refractivity contribution in [2.24, 2.45) is 10.7 Å². The van der Waals surface area contributed by atoms with Gasteiger partial charge in [-0.05, 0) is 56.0 Å². The first-order valence-corrected chi connectivity index (χ1v) is 13.0. The van der Waals surface area contributed by atoms with Crippen molar-refractivity contribution in [2.45, 2.75) is 37.8 Å². The molecule has 3 aromatic heterocycles. The number of amidine groups is 1. The molecule has 0 saturated heterocycles. The maximum atomic E-state index is 15.4. The van der Waals surface area contributed by atoms with Gasteiger partial charge in [0, 0.05) is 12.1 Å². The van der Waals surface area contributed by atoms with Gasteiger partial charge in [-0.15, -0.1) is 11.3 Å². The van der Waals surface area contributed by atoms with Gasteiger partial charge in [0.2, 0.25) is 0 Å². The minimum absolute atomic E-state index is 0.0669. The van der Waals surface area contributed by atoms with Gasteiger partial charge in [-0.3, -0.25) is 15.2 Å². The number of thiophene rings is 1. The number of fused-ring (bicyclic) bond motifs is 1. The topological polar surface area (TPSA) is 146 Å². The molecule has 4 N–H and O–H groups in total. The Morgan fingerprint density at radius 1 is 1.37 bits per heavy atom. The fourth-order valence-electron chi connectivity index (χ4n) is 4.85. The molecule has 0 radical (unpaired) electrons. The van der Waals surface area contributed by atoms with Crippen molar-refractivity contribution in [1.29, 1.82) is 10.7 Å². The van der Waals surface area contributed by atoms with Crippen molar-refractivity contribution in [1.82, 2.24) is 19.9 Å². The maximum absolute atomic E-state index is 15.4. The van der Waals surface area contributed by atoms with Crippen LogP contribution in [0.3, 0.4) is 0 Å². The molecule has 0 bridgehead atoms. The Labute approximate surface area is 226 Å². The van der Waals surface area contributed by atoms with Crippen molar-refractivity contribution in [3.05, 3.63) is 68.9 Å². The van der Waals surface area contributed by atoms with E-state index in [-0.39, 0.29) is 35.0 Å². The highest BCUT2D eigenvalue weighted by Crippen LogP contribution is 2.37. The van der Waals surface area contributed by atoms with Gasteiger partial charge < -0.3 is 15.6 Å². The van der Waals surface area contributed by atoms with E-state index in [2.05, 4.69) is 15.3 Å². The lowest BCUT2D eigenvalue weighted by molar-refractivity contribution is 0.0925. The van der Waals surface area contributed by atoms with Crippen molar-refractivity contribution >= 4 is 52.1 Å². The summed E-state index contributed by atoms with van der Waals surface area (Å²) < 4.78 is 17.8. The third-order valence-electron chi connectivity index (χ3n) is 6.55. The molecule has 1 saturated carbocycles. The summed E-state index contributed by atoms with van der Waals surface area (Å²) in [6.07, 6.45) is 5.36. The number of benzene rings is 1. The molecule has 2 atom stereocenters. The van der Waals surface area contributed by atoms with E-state index in [0.717, 1.165) is 25.6 Å². The average Bonchev–Trinajstić information content (AvgIpc) is 3.52. The fourth-order valence-corrected chi connectivity index (χ4v) is 5.79. The zero-order chi connectivity index (χ0) is 26.8. The van der Waals surface area contributed by atoms with Crippen LogP contribution in [-0.4, -0.2) is 38.7 Å². The van der Waals surface area contributed by atoms with Gasteiger partial charge in [-0.2, -0.15) is 5.26 Å². The highest BCUT2D eigenvalue weighted by molar-refractivity contribution is 7.18. The summed E-state index contributed by atoms with van der Waals surface area (Å²) in [4.78, 5) is 26.2. The van der Waals surface area contributed by atoms with E-state index in [1.165, 1.54) is 23.6 Å². The number of amides is 1. The van der Waals surface area contributed by atoms with Gasteiger partial charge in [-0.25, -0.2) is 14.4 Å². The van der Waals surface area contributed by atoms with E-state index in [9.17, 15) is 10.1 Å². The Morgan fingerprint density at radius 3 is 2.95 bits per heavy atom. The normalized spacial score (nSPS) is 17.8. The Kier molecular flexibility index (Phi) is 7.18. The summed E-state index contributed by atoms with van der Waals surface area (Å²) in [7, 11) is 0. The monoisotopic (exact) mass is 548 g/mol. The SMILES string of the molecule is N#Cc1cccc(-c2nc3cnc(C(N)=NC=N)cc3n2C2CCCC(NC(=O)c3ccc(Cl)s3)C2)c1F. The number of aliphatic imine (C=N–C) groups is 1. The predicted octanol–water partition coefficient (Wildman–Crippen LogP) is 5.05. The molecule has 12 heteroatoms. The number of halogens is 2. The summed E-state index contributed by atoms with van der Waals surface area (Å²) >= 11 is 7.22. The molecule has 3 heterocycles. The Balaban J connectivity index is 1.59. The van der Waals surface area contributed by atoms with Crippen LogP contribution in [0.4, 0.5) is 4.39 Å². The number of pyridine rings is 1. The summed E-state index contributed by atoms with van der Waals surface area (Å²) in [5, 5.41) is 19.7. The maximum Gasteiger partial charge on any atom is 0.261 e. The number of carbonyl (C=O) groups is 1. The van der Waals surface area contributed by atoms with Crippen LogP contribution in [0.2, 0.25) is 4.34 Å². The number of rotatable bonds is 6. The Hall–Kier alpha value is -4.14. The van der Waals surface area contributed by atoms with Crippen LogP contribution in [0, 0.1) is 22.6 Å². The van der Waals surface area contributed by atoms with Gasteiger partial charge in [0.1, 0.15) is 29.4 Å². The van der Waals surface area contributed by atoms with Crippen molar-refractivity contribution < 1.29 is 9.18 Å². The first-order chi connectivity index (χ1) is 18.4. The third-order valence-corrected chi connectivity index (χ3v) is 7.78. The molecule has 5 rings (SSSR count). The van der Waals surface area contributed by atoms with Crippen LogP contribution < -0.4 is 11.1 Å². The molecule has 1 fully saturated rings. The summed E-state index contributed by atoms with van der Waals surface area (Å²) in [6.45, 7) is 0. The average molecular weight is 549 g/mol. The second kappa shape index (κ2) is 10.7. The molecule has 192 valence electrons. The number of hydrogen-bond acceptors (Lipinski definition) is 6.